The van der Waals surface area contributed by atoms with E-state index < -0.39 is 24.6 Å². The van der Waals surface area contributed by atoms with Crippen LogP contribution >= 0.6 is 0 Å². The summed E-state index contributed by atoms with van der Waals surface area (Å²) in [4.78, 5) is 21.1. The van der Waals surface area contributed by atoms with Gasteiger partial charge in [0.1, 0.15) is 0 Å². The standard InChI is InChI=1S/C6H13N3O4/c7-1-2-8-6(13)9-4(3-10)5(11)12/h4,10H,1-3,7H2,(H,11,12)(H2,8,9,13)/t4-/m1/s1. The molecule has 7 nitrogen and oxygen atoms in total. The topological polar surface area (TPSA) is 125 Å². The number of aliphatic hydroxyl groups excluding tert-OH is 1. The van der Waals surface area contributed by atoms with Crippen LogP contribution in [0.25, 0.3) is 0 Å². The van der Waals surface area contributed by atoms with Crippen molar-refractivity contribution in [2.75, 3.05) is 19.7 Å². The minimum Gasteiger partial charge on any atom is -0.480 e. The molecule has 0 spiro atoms. The first-order chi connectivity index (χ1) is 6.11. The van der Waals surface area contributed by atoms with E-state index >= 15 is 0 Å². The molecule has 0 aliphatic heterocycles. The predicted octanol–water partition coefficient (Wildman–Crippen LogP) is -2.31. The quantitative estimate of drug-likeness (QED) is 0.334. The van der Waals surface area contributed by atoms with E-state index in [1.165, 1.54) is 0 Å². The van der Waals surface area contributed by atoms with Gasteiger partial charge in [-0.05, 0) is 0 Å². The van der Waals surface area contributed by atoms with Gasteiger partial charge in [0.2, 0.25) is 0 Å². The van der Waals surface area contributed by atoms with Gasteiger partial charge >= 0.3 is 12.0 Å². The molecule has 6 N–H and O–H groups in total. The molecule has 13 heavy (non-hydrogen) atoms. The van der Waals surface area contributed by atoms with E-state index in [9.17, 15) is 9.59 Å². The minimum atomic E-state index is -1.29. The Morgan fingerprint density at radius 2 is 2.08 bits per heavy atom. The van der Waals surface area contributed by atoms with E-state index in [1.54, 1.807) is 0 Å². The molecular weight excluding hydrogens is 178 g/mol. The number of carboxylic acid groups (broad SMARTS) is 1. The maximum atomic E-state index is 10.8. The number of urea groups is 1. The molecule has 0 aromatic heterocycles. The number of nitrogens with two attached hydrogens (primary N) is 1. The lowest BCUT2D eigenvalue weighted by Gasteiger charge is -2.11. The molecule has 0 aromatic rings. The van der Waals surface area contributed by atoms with E-state index in [1.807, 2.05) is 5.32 Å². The number of carbonyl (C=O) groups is 2. The summed E-state index contributed by atoms with van der Waals surface area (Å²) in [5.41, 5.74) is 5.09. The third kappa shape index (κ3) is 4.99. The van der Waals surface area contributed by atoms with Crippen molar-refractivity contribution in [1.82, 2.24) is 10.6 Å². The number of hydrogen-bond acceptors (Lipinski definition) is 4. The molecule has 0 heterocycles. The fourth-order valence-corrected chi connectivity index (χ4v) is 0.580. The van der Waals surface area contributed by atoms with Crippen LogP contribution in [0.3, 0.4) is 0 Å². The molecule has 0 saturated heterocycles. The van der Waals surface area contributed by atoms with Crippen molar-refractivity contribution in [2.24, 2.45) is 5.73 Å². The summed E-state index contributed by atoms with van der Waals surface area (Å²) in [6.07, 6.45) is 0. The lowest BCUT2D eigenvalue weighted by atomic mass is 10.3. The first-order valence-corrected chi connectivity index (χ1v) is 3.70. The second-order valence-electron chi connectivity index (χ2n) is 2.26. The van der Waals surface area contributed by atoms with E-state index in [-0.39, 0.29) is 13.1 Å². The molecule has 0 aliphatic rings. The Bertz CT molecular complexity index is 185. The largest absolute Gasteiger partial charge is 0.480 e. The van der Waals surface area contributed by atoms with Crippen LogP contribution in [0.1, 0.15) is 0 Å². The molecule has 0 bridgehead atoms. The zero-order chi connectivity index (χ0) is 10.3. The Hall–Kier alpha value is -1.34. The third-order valence-corrected chi connectivity index (χ3v) is 1.22. The number of aliphatic carboxylic acids is 1. The van der Waals surface area contributed by atoms with Gasteiger partial charge in [-0.3, -0.25) is 0 Å². The average molecular weight is 191 g/mol. The number of carboxylic acids is 1. The molecule has 76 valence electrons. The van der Waals surface area contributed by atoms with Crippen LogP contribution in [0, 0.1) is 0 Å². The molecule has 0 unspecified atom stereocenters. The van der Waals surface area contributed by atoms with Crippen LogP contribution < -0.4 is 16.4 Å². The number of aliphatic hydroxyl groups is 1. The van der Waals surface area contributed by atoms with E-state index in [4.69, 9.17) is 15.9 Å². The highest BCUT2D eigenvalue weighted by Crippen LogP contribution is 1.81. The highest BCUT2D eigenvalue weighted by atomic mass is 16.4. The summed E-state index contributed by atoms with van der Waals surface area (Å²) in [6.45, 7) is -0.126. The van der Waals surface area contributed by atoms with Gasteiger partial charge in [0.15, 0.2) is 6.04 Å². The van der Waals surface area contributed by atoms with Crippen LogP contribution in [0.15, 0.2) is 0 Å². The molecule has 0 aliphatic carbocycles. The summed E-state index contributed by atoms with van der Waals surface area (Å²) < 4.78 is 0. The first-order valence-electron chi connectivity index (χ1n) is 3.70. The van der Waals surface area contributed by atoms with Gasteiger partial charge in [0.25, 0.3) is 0 Å². The summed E-state index contributed by atoms with van der Waals surface area (Å²) in [5.74, 6) is -1.29. The molecule has 0 radical (unpaired) electrons. The Labute approximate surface area is 74.9 Å². The lowest BCUT2D eigenvalue weighted by molar-refractivity contribution is -0.140. The number of hydrogen-bond donors (Lipinski definition) is 5. The van der Waals surface area contributed by atoms with Crippen molar-refractivity contribution in [2.45, 2.75) is 6.04 Å². The second kappa shape index (κ2) is 6.21. The summed E-state index contributed by atoms with van der Waals surface area (Å²) in [6, 6.07) is -1.94. The monoisotopic (exact) mass is 191 g/mol. The van der Waals surface area contributed by atoms with Crippen LogP contribution in [-0.2, 0) is 4.79 Å². The number of nitrogens with one attached hydrogen (secondary N) is 2. The Balaban J connectivity index is 3.80. The van der Waals surface area contributed by atoms with Crippen molar-refractivity contribution in [3.63, 3.8) is 0 Å². The fraction of sp³-hybridized carbons (Fsp3) is 0.667. The van der Waals surface area contributed by atoms with Gasteiger partial charge in [0.05, 0.1) is 6.61 Å². The summed E-state index contributed by atoms with van der Waals surface area (Å²) in [7, 11) is 0. The van der Waals surface area contributed by atoms with Crippen LogP contribution in [0.5, 0.6) is 0 Å². The zero-order valence-electron chi connectivity index (χ0n) is 6.99. The maximum Gasteiger partial charge on any atom is 0.328 e. The zero-order valence-corrected chi connectivity index (χ0v) is 6.99. The Morgan fingerprint density at radius 3 is 2.46 bits per heavy atom. The highest BCUT2D eigenvalue weighted by molar-refractivity contribution is 5.82. The predicted molar refractivity (Wildman–Crippen MR) is 44.1 cm³/mol. The normalized spacial score (nSPS) is 11.8. The van der Waals surface area contributed by atoms with E-state index in [2.05, 4.69) is 5.32 Å². The van der Waals surface area contributed by atoms with Gasteiger partial charge in [0, 0.05) is 13.1 Å². The van der Waals surface area contributed by atoms with Crippen molar-refractivity contribution in [1.29, 1.82) is 0 Å². The van der Waals surface area contributed by atoms with Gasteiger partial charge < -0.3 is 26.6 Å². The highest BCUT2D eigenvalue weighted by Gasteiger charge is 2.17. The van der Waals surface area contributed by atoms with Gasteiger partial charge in [-0.25, -0.2) is 9.59 Å². The minimum absolute atomic E-state index is 0.254. The van der Waals surface area contributed by atoms with Gasteiger partial charge in [-0.2, -0.15) is 0 Å². The lowest BCUT2D eigenvalue weighted by Crippen LogP contribution is -2.48. The molecular formula is C6H13N3O4. The van der Waals surface area contributed by atoms with Crippen LogP contribution in [0.2, 0.25) is 0 Å². The Kier molecular flexibility index (Phi) is 5.57. The molecule has 0 rings (SSSR count). The van der Waals surface area contributed by atoms with Crippen molar-refractivity contribution < 1.29 is 19.8 Å². The summed E-state index contributed by atoms with van der Waals surface area (Å²) in [5, 5.41) is 21.3. The van der Waals surface area contributed by atoms with E-state index in [0.29, 0.717) is 0 Å². The van der Waals surface area contributed by atoms with Crippen LogP contribution in [-0.4, -0.2) is 48.0 Å². The fourth-order valence-electron chi connectivity index (χ4n) is 0.580. The first kappa shape index (κ1) is 11.7. The molecule has 2 amide bonds. The van der Waals surface area contributed by atoms with Crippen molar-refractivity contribution in [3.8, 4) is 0 Å². The SMILES string of the molecule is NCCNC(=O)N[C@H](CO)C(=O)O. The van der Waals surface area contributed by atoms with Gasteiger partial charge in [-0.1, -0.05) is 0 Å². The van der Waals surface area contributed by atoms with Crippen molar-refractivity contribution >= 4 is 12.0 Å². The molecule has 0 fully saturated rings. The molecule has 0 saturated carbocycles. The summed E-state index contributed by atoms with van der Waals surface area (Å²) >= 11 is 0. The number of carbonyl (C=O) groups excluding carboxylic acids is 1. The molecule has 1 atom stereocenters. The van der Waals surface area contributed by atoms with Crippen molar-refractivity contribution in [3.05, 3.63) is 0 Å². The van der Waals surface area contributed by atoms with Crippen LogP contribution in [0.4, 0.5) is 4.79 Å². The second-order valence-corrected chi connectivity index (χ2v) is 2.26. The maximum absolute atomic E-state index is 10.8. The number of rotatable bonds is 5. The smallest absolute Gasteiger partial charge is 0.328 e. The third-order valence-electron chi connectivity index (χ3n) is 1.22. The Morgan fingerprint density at radius 1 is 1.46 bits per heavy atom. The molecule has 7 heteroatoms. The van der Waals surface area contributed by atoms with E-state index in [0.717, 1.165) is 0 Å². The van der Waals surface area contributed by atoms with Gasteiger partial charge in [-0.15, -0.1) is 0 Å². The molecule has 0 aromatic carbocycles. The average Bonchev–Trinajstić information content (AvgIpc) is 2.10. The number of amides is 2.